The van der Waals surface area contributed by atoms with Gasteiger partial charge in [-0.3, -0.25) is 0 Å². The van der Waals surface area contributed by atoms with Gasteiger partial charge in [-0.15, -0.1) is 0 Å². The minimum Gasteiger partial charge on any atom is -0.490 e. The molecule has 0 aromatic heterocycles. The van der Waals surface area contributed by atoms with Gasteiger partial charge in [-0.1, -0.05) is 12.7 Å². The van der Waals surface area contributed by atoms with Crippen LogP contribution in [-0.2, 0) is 4.74 Å². The summed E-state index contributed by atoms with van der Waals surface area (Å²) in [6.45, 7) is 3.46. The van der Waals surface area contributed by atoms with E-state index in [9.17, 15) is 0 Å². The van der Waals surface area contributed by atoms with Crippen molar-refractivity contribution in [3.05, 3.63) is 23.4 Å². The Labute approximate surface area is 51.8 Å². The summed E-state index contributed by atoms with van der Waals surface area (Å²) in [6, 6.07) is 0. The topological polar surface area (TPSA) is 9.23 Å². The van der Waals surface area contributed by atoms with Crippen molar-refractivity contribution in [2.45, 2.75) is 0 Å². The Morgan fingerprint density at radius 3 is 2.57 bits per heavy atom. The van der Waals surface area contributed by atoms with E-state index in [0.29, 0.717) is 4.67 Å². The normalized spacial score (nSPS) is 10.9. The van der Waals surface area contributed by atoms with Crippen molar-refractivity contribution in [2.24, 2.45) is 0 Å². The molecule has 0 heterocycles. The maximum atomic E-state index is 4.70. The van der Waals surface area contributed by atoms with E-state index in [1.165, 1.54) is 0 Å². The van der Waals surface area contributed by atoms with Crippen molar-refractivity contribution in [3.8, 4) is 0 Å². The number of ether oxygens (including phenoxy) is 1. The maximum absolute atomic E-state index is 4.70. The lowest BCUT2D eigenvalue weighted by molar-refractivity contribution is 0.328. The van der Waals surface area contributed by atoms with Crippen molar-refractivity contribution in [1.29, 1.82) is 0 Å². The molecule has 0 saturated carbocycles. The van der Waals surface area contributed by atoms with Crippen LogP contribution in [0, 0.1) is 0 Å². The number of methoxy groups -OCH3 is 1. The molecule has 0 spiro atoms. The molecule has 0 amide bonds. The van der Waals surface area contributed by atoms with Gasteiger partial charge in [0.15, 0.2) is 4.67 Å². The monoisotopic (exact) mass is 162 g/mol. The first-order chi connectivity index (χ1) is 3.31. The van der Waals surface area contributed by atoms with Gasteiger partial charge in [-0.05, 0) is 22.0 Å². The van der Waals surface area contributed by atoms with E-state index in [2.05, 4.69) is 22.5 Å². The molecule has 7 heavy (non-hydrogen) atoms. The van der Waals surface area contributed by atoms with Gasteiger partial charge in [0, 0.05) is 0 Å². The summed E-state index contributed by atoms with van der Waals surface area (Å²) < 4.78 is 5.39. The highest BCUT2D eigenvalue weighted by Gasteiger charge is 1.77. The van der Waals surface area contributed by atoms with Crippen LogP contribution in [0.4, 0.5) is 0 Å². The van der Waals surface area contributed by atoms with Gasteiger partial charge in [0.2, 0.25) is 0 Å². The smallest absolute Gasteiger partial charge is 0.161 e. The van der Waals surface area contributed by atoms with Gasteiger partial charge in [0.25, 0.3) is 0 Å². The number of rotatable bonds is 2. The van der Waals surface area contributed by atoms with E-state index in [4.69, 9.17) is 4.74 Å². The van der Waals surface area contributed by atoms with Crippen LogP contribution in [-0.4, -0.2) is 7.11 Å². The summed E-state index contributed by atoms with van der Waals surface area (Å²) in [5.41, 5.74) is 0. The summed E-state index contributed by atoms with van der Waals surface area (Å²) in [7, 11) is 1.59. The fraction of sp³-hybridized carbons (Fsp3) is 0.200. The molecule has 0 aliphatic heterocycles. The third kappa shape index (κ3) is 3.59. The van der Waals surface area contributed by atoms with Crippen LogP contribution in [0.5, 0.6) is 0 Å². The van der Waals surface area contributed by atoms with Crippen LogP contribution < -0.4 is 0 Å². The summed E-state index contributed by atoms with van der Waals surface area (Å²) in [6.07, 6.45) is 3.37. The molecule has 0 N–H and O–H groups in total. The second kappa shape index (κ2) is 3.93. The van der Waals surface area contributed by atoms with Crippen LogP contribution in [0.3, 0.4) is 0 Å². The van der Waals surface area contributed by atoms with Crippen LogP contribution in [0.1, 0.15) is 0 Å². The molecule has 2 heteroatoms. The van der Waals surface area contributed by atoms with Crippen LogP contribution in [0.15, 0.2) is 23.4 Å². The Morgan fingerprint density at radius 2 is 2.43 bits per heavy atom. The second-order valence-corrected chi connectivity index (χ2v) is 1.69. The highest BCUT2D eigenvalue weighted by molar-refractivity contribution is 9.11. The zero-order chi connectivity index (χ0) is 5.70. The highest BCUT2D eigenvalue weighted by atomic mass is 79.9. The summed E-state index contributed by atoms with van der Waals surface area (Å²) in [5.74, 6) is 0. The number of hydrogen-bond donors (Lipinski definition) is 0. The summed E-state index contributed by atoms with van der Waals surface area (Å²) >= 11 is 3.10. The van der Waals surface area contributed by atoms with Gasteiger partial charge in [0.1, 0.15) is 0 Å². The first-order valence-electron chi connectivity index (χ1n) is 1.83. The summed E-state index contributed by atoms with van der Waals surface area (Å²) in [5, 5.41) is 0. The van der Waals surface area contributed by atoms with Crippen molar-refractivity contribution in [2.75, 3.05) is 7.11 Å². The van der Waals surface area contributed by atoms with E-state index >= 15 is 0 Å². The zero-order valence-electron chi connectivity index (χ0n) is 4.15. The highest BCUT2D eigenvalue weighted by Crippen LogP contribution is 2.02. The standard InChI is InChI=1S/C5H7BrO/c1-3-4-5(6)7-2/h3-4H,1H2,2H3/b5-4+. The van der Waals surface area contributed by atoms with Crippen molar-refractivity contribution in [1.82, 2.24) is 0 Å². The molecule has 0 aliphatic carbocycles. The van der Waals surface area contributed by atoms with E-state index in [1.54, 1.807) is 19.3 Å². The average Bonchev–Trinajstić information content (AvgIpc) is 1.68. The Hall–Kier alpha value is -0.240. The van der Waals surface area contributed by atoms with E-state index in [-0.39, 0.29) is 0 Å². The van der Waals surface area contributed by atoms with Crippen LogP contribution in [0.25, 0.3) is 0 Å². The zero-order valence-corrected chi connectivity index (χ0v) is 5.73. The third-order valence-electron chi connectivity index (χ3n) is 0.444. The van der Waals surface area contributed by atoms with Gasteiger partial charge >= 0.3 is 0 Å². The van der Waals surface area contributed by atoms with Crippen molar-refractivity contribution in [3.63, 3.8) is 0 Å². The minimum atomic E-state index is 0.697. The predicted octanol–water partition coefficient (Wildman–Crippen LogP) is 2.06. The Morgan fingerprint density at radius 1 is 1.86 bits per heavy atom. The number of halogens is 1. The Kier molecular flexibility index (Phi) is 3.80. The molecule has 0 aromatic rings. The molecule has 1 nitrogen and oxygen atoms in total. The molecular weight excluding hydrogens is 156 g/mol. The molecule has 40 valence electrons. The Bertz CT molecular complexity index is 86.1. The predicted molar refractivity (Wildman–Crippen MR) is 34.2 cm³/mol. The minimum absolute atomic E-state index is 0.697. The average molecular weight is 163 g/mol. The molecule has 0 fully saturated rings. The first-order valence-corrected chi connectivity index (χ1v) is 2.62. The van der Waals surface area contributed by atoms with E-state index in [0.717, 1.165) is 0 Å². The molecule has 0 radical (unpaired) electrons. The third-order valence-corrected chi connectivity index (χ3v) is 1.03. The first kappa shape index (κ1) is 6.76. The van der Waals surface area contributed by atoms with Gasteiger partial charge in [-0.2, -0.15) is 0 Å². The molecule has 0 unspecified atom stereocenters. The SMILES string of the molecule is C=C/C=C(\Br)OC. The van der Waals surface area contributed by atoms with Gasteiger partial charge in [-0.25, -0.2) is 0 Å². The lowest BCUT2D eigenvalue weighted by Crippen LogP contribution is -1.69. The molecule has 0 saturated heterocycles. The fourth-order valence-electron chi connectivity index (χ4n) is 0.161. The lowest BCUT2D eigenvalue weighted by atomic mass is 10.6. The molecule has 0 atom stereocenters. The lowest BCUT2D eigenvalue weighted by Gasteiger charge is -1.89. The summed E-state index contributed by atoms with van der Waals surface area (Å²) in [4.78, 5) is 0. The largest absolute Gasteiger partial charge is 0.490 e. The second-order valence-electron chi connectivity index (χ2n) is 0.911. The van der Waals surface area contributed by atoms with Crippen molar-refractivity contribution >= 4 is 15.9 Å². The molecule has 0 aliphatic rings. The molecule has 0 rings (SSSR count). The van der Waals surface area contributed by atoms with Crippen LogP contribution >= 0.6 is 15.9 Å². The fourth-order valence-corrected chi connectivity index (χ4v) is 0.348. The maximum Gasteiger partial charge on any atom is 0.161 e. The molecule has 0 aromatic carbocycles. The van der Waals surface area contributed by atoms with E-state index in [1.807, 2.05) is 0 Å². The van der Waals surface area contributed by atoms with Gasteiger partial charge < -0.3 is 4.74 Å². The van der Waals surface area contributed by atoms with Gasteiger partial charge in [0.05, 0.1) is 7.11 Å². The van der Waals surface area contributed by atoms with Crippen LogP contribution in [0.2, 0.25) is 0 Å². The van der Waals surface area contributed by atoms with E-state index < -0.39 is 0 Å². The number of hydrogen-bond acceptors (Lipinski definition) is 1. The van der Waals surface area contributed by atoms with Crippen molar-refractivity contribution < 1.29 is 4.74 Å². The quantitative estimate of drug-likeness (QED) is 0.447. The Balaban J connectivity index is 3.49. The molecule has 0 bridgehead atoms. The molecular formula is C5H7BrO. The number of allylic oxidation sites excluding steroid dienone is 2.